The van der Waals surface area contributed by atoms with Crippen LogP contribution in [0.4, 0.5) is 11.4 Å². The Balaban J connectivity index is 2.16. The standard InChI is InChI=1S/C11H15N3O5S/c1-19-9-4-7(5-9)13-20(17,18)11-3-2-8(14(15)16)6-10(11)12/h2-3,6-7,9,13H,4-5,12H2,1H3. The molecule has 0 unspecified atom stereocenters. The van der Waals surface area contributed by atoms with E-state index < -0.39 is 14.9 Å². The number of nitro benzene ring substituents is 1. The van der Waals surface area contributed by atoms with Crippen molar-refractivity contribution in [2.24, 2.45) is 0 Å². The van der Waals surface area contributed by atoms with E-state index in [2.05, 4.69) is 4.72 Å². The van der Waals surface area contributed by atoms with Crippen LogP contribution in [0.2, 0.25) is 0 Å². The number of nitro groups is 1. The highest BCUT2D eigenvalue weighted by Gasteiger charge is 2.33. The van der Waals surface area contributed by atoms with Gasteiger partial charge in [-0.2, -0.15) is 0 Å². The Labute approximate surface area is 116 Å². The molecule has 1 aromatic carbocycles. The summed E-state index contributed by atoms with van der Waals surface area (Å²) < 4.78 is 31.8. The van der Waals surface area contributed by atoms with Gasteiger partial charge in [0.15, 0.2) is 0 Å². The quantitative estimate of drug-likeness (QED) is 0.467. The molecule has 0 bridgehead atoms. The van der Waals surface area contributed by atoms with E-state index in [4.69, 9.17) is 10.5 Å². The first-order chi connectivity index (χ1) is 9.33. The molecule has 2 rings (SSSR count). The van der Waals surface area contributed by atoms with Crippen LogP contribution in [0.25, 0.3) is 0 Å². The summed E-state index contributed by atoms with van der Waals surface area (Å²) in [7, 11) is -2.21. The molecule has 1 aliphatic carbocycles. The van der Waals surface area contributed by atoms with Crippen molar-refractivity contribution < 1.29 is 18.1 Å². The molecule has 0 aromatic heterocycles. The molecule has 0 spiro atoms. The first-order valence-corrected chi connectivity index (χ1v) is 7.41. The Morgan fingerprint density at radius 2 is 2.10 bits per heavy atom. The molecular formula is C11H15N3O5S. The summed E-state index contributed by atoms with van der Waals surface area (Å²) in [4.78, 5) is 9.81. The minimum absolute atomic E-state index is 0.0666. The van der Waals surface area contributed by atoms with Crippen LogP contribution < -0.4 is 10.5 Å². The van der Waals surface area contributed by atoms with Crippen molar-refractivity contribution in [3.63, 3.8) is 0 Å². The van der Waals surface area contributed by atoms with Crippen molar-refractivity contribution in [1.29, 1.82) is 0 Å². The fourth-order valence-corrected chi connectivity index (χ4v) is 3.41. The van der Waals surface area contributed by atoms with Crippen molar-refractivity contribution in [3.05, 3.63) is 28.3 Å². The number of methoxy groups -OCH3 is 1. The molecule has 1 aromatic rings. The number of rotatable bonds is 5. The number of ether oxygens (including phenoxy) is 1. The molecule has 3 N–H and O–H groups in total. The number of benzene rings is 1. The molecule has 0 heterocycles. The summed E-state index contributed by atoms with van der Waals surface area (Å²) in [6, 6.07) is 3.10. The predicted octanol–water partition coefficient (Wildman–Crippen LogP) is 0.633. The fraction of sp³-hybridized carbons (Fsp3) is 0.455. The summed E-state index contributed by atoms with van der Waals surface area (Å²) >= 11 is 0. The second-order valence-electron chi connectivity index (χ2n) is 4.63. The zero-order valence-electron chi connectivity index (χ0n) is 10.8. The number of hydrogen-bond acceptors (Lipinski definition) is 6. The molecule has 8 nitrogen and oxygen atoms in total. The first-order valence-electron chi connectivity index (χ1n) is 5.92. The fourth-order valence-electron chi connectivity index (χ4n) is 2.03. The molecule has 1 fully saturated rings. The number of nitrogens with zero attached hydrogens (tertiary/aromatic N) is 1. The lowest BCUT2D eigenvalue weighted by Gasteiger charge is -2.34. The molecule has 0 amide bonds. The Morgan fingerprint density at radius 1 is 1.45 bits per heavy atom. The van der Waals surface area contributed by atoms with Crippen molar-refractivity contribution >= 4 is 21.4 Å². The molecule has 0 aliphatic heterocycles. The highest BCUT2D eigenvalue weighted by atomic mass is 32.2. The lowest BCUT2D eigenvalue weighted by molar-refractivity contribution is -0.384. The topological polar surface area (TPSA) is 125 Å². The van der Waals surface area contributed by atoms with E-state index in [1.54, 1.807) is 7.11 Å². The number of non-ortho nitro benzene ring substituents is 1. The van der Waals surface area contributed by atoms with Gasteiger partial charge in [-0.15, -0.1) is 0 Å². The second-order valence-corrected chi connectivity index (χ2v) is 6.31. The Morgan fingerprint density at radius 3 is 2.60 bits per heavy atom. The van der Waals surface area contributed by atoms with Crippen molar-refractivity contribution in [2.45, 2.75) is 29.9 Å². The lowest BCUT2D eigenvalue weighted by atomic mass is 9.90. The molecular weight excluding hydrogens is 286 g/mol. The Kier molecular flexibility index (Phi) is 3.93. The zero-order chi connectivity index (χ0) is 14.9. The van der Waals surface area contributed by atoms with Gasteiger partial charge in [-0.3, -0.25) is 10.1 Å². The normalized spacial score (nSPS) is 22.2. The maximum absolute atomic E-state index is 12.1. The third-order valence-corrected chi connectivity index (χ3v) is 4.84. The smallest absolute Gasteiger partial charge is 0.271 e. The summed E-state index contributed by atoms with van der Waals surface area (Å²) in [6.07, 6.45) is 1.27. The Bertz CT molecular complexity index is 625. The average molecular weight is 301 g/mol. The maximum Gasteiger partial charge on any atom is 0.271 e. The third-order valence-electron chi connectivity index (χ3n) is 3.24. The van der Waals surface area contributed by atoms with E-state index in [1.807, 2.05) is 0 Å². The highest BCUT2D eigenvalue weighted by molar-refractivity contribution is 7.89. The highest BCUT2D eigenvalue weighted by Crippen LogP contribution is 2.27. The van der Waals surface area contributed by atoms with Gasteiger partial charge in [0.2, 0.25) is 10.0 Å². The van der Waals surface area contributed by atoms with Crippen LogP contribution in [0.5, 0.6) is 0 Å². The first kappa shape index (κ1) is 14.7. The van der Waals surface area contributed by atoms with E-state index in [9.17, 15) is 18.5 Å². The molecule has 9 heteroatoms. The zero-order valence-corrected chi connectivity index (χ0v) is 11.6. The van der Waals surface area contributed by atoms with E-state index in [-0.39, 0.29) is 28.4 Å². The number of anilines is 1. The summed E-state index contributed by atoms with van der Waals surface area (Å²) in [5.41, 5.74) is 5.20. The molecule has 0 radical (unpaired) electrons. The molecule has 1 aliphatic rings. The van der Waals surface area contributed by atoms with Crippen LogP contribution >= 0.6 is 0 Å². The van der Waals surface area contributed by atoms with Gasteiger partial charge in [-0.05, 0) is 18.9 Å². The molecule has 110 valence electrons. The number of hydrogen-bond donors (Lipinski definition) is 2. The minimum Gasteiger partial charge on any atom is -0.397 e. The van der Waals surface area contributed by atoms with Gasteiger partial charge in [-0.25, -0.2) is 13.1 Å². The van der Waals surface area contributed by atoms with Crippen molar-refractivity contribution in [1.82, 2.24) is 4.72 Å². The van der Waals surface area contributed by atoms with E-state index in [0.29, 0.717) is 12.8 Å². The minimum atomic E-state index is -3.78. The molecule has 20 heavy (non-hydrogen) atoms. The molecule has 0 saturated heterocycles. The lowest BCUT2D eigenvalue weighted by Crippen LogP contribution is -2.47. The number of sulfonamides is 1. The largest absolute Gasteiger partial charge is 0.397 e. The number of nitrogens with two attached hydrogens (primary N) is 1. The SMILES string of the molecule is COC1CC(NS(=O)(=O)c2ccc([N+](=O)[O-])cc2N)C1. The molecule has 1 saturated carbocycles. The van der Waals surface area contributed by atoms with E-state index in [1.165, 1.54) is 0 Å². The van der Waals surface area contributed by atoms with Crippen LogP contribution in [-0.4, -0.2) is 32.6 Å². The maximum atomic E-state index is 12.1. The Hall–Kier alpha value is -1.71. The van der Waals surface area contributed by atoms with Crippen molar-refractivity contribution in [2.75, 3.05) is 12.8 Å². The monoisotopic (exact) mass is 301 g/mol. The average Bonchev–Trinajstić information content (AvgIpc) is 2.32. The van der Waals surface area contributed by atoms with Gasteiger partial charge in [-0.1, -0.05) is 0 Å². The summed E-state index contributed by atoms with van der Waals surface area (Å²) in [6.45, 7) is 0. The van der Waals surface area contributed by atoms with Gasteiger partial charge in [0.25, 0.3) is 5.69 Å². The van der Waals surface area contributed by atoms with Gasteiger partial charge in [0.1, 0.15) is 4.90 Å². The van der Waals surface area contributed by atoms with Gasteiger partial charge < -0.3 is 10.5 Å². The van der Waals surface area contributed by atoms with Gasteiger partial charge in [0, 0.05) is 25.3 Å². The van der Waals surface area contributed by atoms with Crippen LogP contribution in [-0.2, 0) is 14.8 Å². The number of nitrogen functional groups attached to an aromatic ring is 1. The predicted molar refractivity (Wildman–Crippen MR) is 71.6 cm³/mol. The molecule has 0 atom stereocenters. The van der Waals surface area contributed by atoms with Crippen LogP contribution in [0.1, 0.15) is 12.8 Å². The van der Waals surface area contributed by atoms with Gasteiger partial charge >= 0.3 is 0 Å². The van der Waals surface area contributed by atoms with Gasteiger partial charge in [0.05, 0.1) is 16.7 Å². The van der Waals surface area contributed by atoms with E-state index >= 15 is 0 Å². The van der Waals surface area contributed by atoms with Crippen LogP contribution in [0.3, 0.4) is 0 Å². The second kappa shape index (κ2) is 5.35. The van der Waals surface area contributed by atoms with Crippen LogP contribution in [0, 0.1) is 10.1 Å². The summed E-state index contributed by atoms with van der Waals surface area (Å²) in [5.74, 6) is 0. The summed E-state index contributed by atoms with van der Waals surface area (Å²) in [5, 5.41) is 10.6. The van der Waals surface area contributed by atoms with E-state index in [0.717, 1.165) is 18.2 Å². The number of nitrogens with one attached hydrogen (secondary N) is 1. The third kappa shape index (κ3) is 2.89. The van der Waals surface area contributed by atoms with Crippen LogP contribution in [0.15, 0.2) is 23.1 Å². The van der Waals surface area contributed by atoms with Crippen molar-refractivity contribution in [3.8, 4) is 0 Å².